The number of aliphatic hydroxyl groups excluding tert-OH is 1. The van der Waals surface area contributed by atoms with Gasteiger partial charge in [-0.3, -0.25) is 24.0 Å². The first-order valence-electron chi connectivity index (χ1n) is 15.0. The molecule has 1 saturated heterocycles. The minimum absolute atomic E-state index is 0.0129. The van der Waals surface area contributed by atoms with Gasteiger partial charge in [-0.2, -0.15) is 0 Å². The predicted molar refractivity (Wildman–Crippen MR) is 168 cm³/mol. The molecule has 2 aromatic rings. The minimum Gasteiger partial charge on any atom is -0.509 e. The predicted octanol–water partition coefficient (Wildman–Crippen LogP) is 2.36. The quantitative estimate of drug-likeness (QED) is 0.320. The summed E-state index contributed by atoms with van der Waals surface area (Å²) in [6.45, 7) is 5.21. The molecule has 2 heterocycles. The number of nitrogens with zero attached hydrogens (tertiary/aromatic N) is 3. The highest BCUT2D eigenvalue weighted by atomic mass is 16.6. The summed E-state index contributed by atoms with van der Waals surface area (Å²) in [5.74, 6) is -3.64. The van der Waals surface area contributed by atoms with Crippen molar-refractivity contribution >= 4 is 36.6 Å². The molecule has 0 bridgehead atoms. The number of Topliss-reactive ketones (excluding diaryl/α,β-unsaturated/α-hetero) is 1. The summed E-state index contributed by atoms with van der Waals surface area (Å²) in [6, 6.07) is 12.9. The highest BCUT2D eigenvalue weighted by Gasteiger charge is 2.55. The Bertz CT molecular complexity index is 1380. The van der Waals surface area contributed by atoms with E-state index in [9.17, 15) is 29.1 Å². The monoisotopic (exact) mass is 622 g/mol. The van der Waals surface area contributed by atoms with E-state index in [-0.39, 0.29) is 18.0 Å². The fraction of sp³-hybridized carbons (Fsp3) is 0.500. The Morgan fingerprint density at radius 1 is 1.00 bits per heavy atom. The summed E-state index contributed by atoms with van der Waals surface area (Å²) in [4.78, 5) is 73.0. The smallest absolute Gasteiger partial charge is 0.509 e. The summed E-state index contributed by atoms with van der Waals surface area (Å²) in [6.07, 6.45) is -2.04. The van der Waals surface area contributed by atoms with Crippen LogP contribution in [0.4, 0.5) is 0 Å². The molecule has 0 saturated carbocycles. The normalized spacial score (nSPS) is 18.4. The van der Waals surface area contributed by atoms with Gasteiger partial charge >= 0.3 is 7.12 Å². The van der Waals surface area contributed by atoms with Gasteiger partial charge in [-0.15, -0.1) is 0 Å². The number of likely N-dealkylation sites (N-methyl/N-ethyl adjacent to an activating group) is 1. The SMILES string of the molecule is CC(C)C[C@H](CC(=O)[C@@H](NC(=O)c1cccc(-c2ccccc2)n1)[C@@H](C)O)B1OC(=O)C[C@](CC(=O)N(C)C)(C(=O)N(C)C)O1. The van der Waals surface area contributed by atoms with Crippen LogP contribution in [0, 0.1) is 5.92 Å². The molecule has 2 N–H and O–H groups in total. The maximum absolute atomic E-state index is 13.7. The Labute approximate surface area is 264 Å². The van der Waals surface area contributed by atoms with Gasteiger partial charge in [-0.05, 0) is 31.4 Å². The maximum Gasteiger partial charge on any atom is 0.531 e. The van der Waals surface area contributed by atoms with Gasteiger partial charge in [0.15, 0.2) is 11.4 Å². The van der Waals surface area contributed by atoms with Crippen LogP contribution in [-0.2, 0) is 28.5 Å². The molecule has 0 unspecified atom stereocenters. The highest BCUT2D eigenvalue weighted by molar-refractivity contribution is 6.50. The van der Waals surface area contributed by atoms with Crippen LogP contribution in [0.5, 0.6) is 0 Å². The van der Waals surface area contributed by atoms with E-state index in [2.05, 4.69) is 10.3 Å². The van der Waals surface area contributed by atoms with E-state index in [0.717, 1.165) is 5.56 Å². The number of rotatable bonds is 13. The Morgan fingerprint density at radius 2 is 1.67 bits per heavy atom. The van der Waals surface area contributed by atoms with E-state index in [4.69, 9.17) is 9.31 Å². The van der Waals surface area contributed by atoms with Crippen molar-refractivity contribution in [3.05, 3.63) is 54.2 Å². The molecule has 3 rings (SSSR count). The second-order valence-corrected chi connectivity index (χ2v) is 12.3. The van der Waals surface area contributed by atoms with Gasteiger partial charge in [-0.25, -0.2) is 4.98 Å². The van der Waals surface area contributed by atoms with E-state index in [0.29, 0.717) is 12.1 Å². The van der Waals surface area contributed by atoms with Gasteiger partial charge in [0.1, 0.15) is 11.7 Å². The average Bonchev–Trinajstić information content (AvgIpc) is 2.98. The van der Waals surface area contributed by atoms with Crippen LogP contribution >= 0.6 is 0 Å². The number of pyridine rings is 1. The lowest BCUT2D eigenvalue weighted by molar-refractivity contribution is -0.167. The fourth-order valence-electron chi connectivity index (χ4n) is 5.30. The van der Waals surface area contributed by atoms with Crippen molar-refractivity contribution in [1.29, 1.82) is 0 Å². The van der Waals surface area contributed by atoms with Gasteiger partial charge in [-0.1, -0.05) is 50.2 Å². The number of aromatic nitrogens is 1. The number of nitrogens with one attached hydrogen (secondary N) is 1. The fourth-order valence-corrected chi connectivity index (χ4v) is 5.30. The Hall–Kier alpha value is -4.10. The van der Waals surface area contributed by atoms with Crippen molar-refractivity contribution in [2.24, 2.45) is 5.92 Å². The van der Waals surface area contributed by atoms with Crippen molar-refractivity contribution in [1.82, 2.24) is 20.1 Å². The molecule has 1 aromatic carbocycles. The third-order valence-corrected chi connectivity index (χ3v) is 7.54. The zero-order chi connectivity index (χ0) is 33.5. The van der Waals surface area contributed by atoms with Crippen LogP contribution in [0.1, 0.15) is 56.9 Å². The molecule has 242 valence electrons. The van der Waals surface area contributed by atoms with Gasteiger partial charge < -0.3 is 29.5 Å². The minimum atomic E-state index is -1.82. The molecule has 3 amide bonds. The third kappa shape index (κ3) is 9.21. The number of hydrogen-bond donors (Lipinski definition) is 2. The number of benzene rings is 1. The number of aliphatic hydroxyl groups is 1. The lowest BCUT2D eigenvalue weighted by Gasteiger charge is -2.41. The molecule has 12 nitrogen and oxygen atoms in total. The van der Waals surface area contributed by atoms with Crippen LogP contribution in [0.25, 0.3) is 11.3 Å². The lowest BCUT2D eigenvalue weighted by atomic mass is 9.63. The summed E-state index contributed by atoms with van der Waals surface area (Å²) in [7, 11) is 4.74. The van der Waals surface area contributed by atoms with Crippen LogP contribution in [0.2, 0.25) is 5.82 Å². The molecule has 1 aliphatic rings. The van der Waals surface area contributed by atoms with Gasteiger partial charge in [0.2, 0.25) is 5.91 Å². The Balaban J connectivity index is 1.86. The summed E-state index contributed by atoms with van der Waals surface area (Å²) in [5.41, 5.74) is -0.378. The topological polar surface area (TPSA) is 155 Å². The van der Waals surface area contributed by atoms with E-state index >= 15 is 0 Å². The van der Waals surface area contributed by atoms with Crippen LogP contribution < -0.4 is 5.32 Å². The number of amides is 3. The Kier molecular flexibility index (Phi) is 12.0. The Morgan fingerprint density at radius 3 is 2.24 bits per heavy atom. The molecule has 1 aromatic heterocycles. The second kappa shape index (κ2) is 15.3. The van der Waals surface area contributed by atoms with Crippen molar-refractivity contribution in [2.75, 3.05) is 28.2 Å². The summed E-state index contributed by atoms with van der Waals surface area (Å²) < 4.78 is 11.8. The van der Waals surface area contributed by atoms with E-state index < -0.39 is 73.0 Å². The molecule has 0 spiro atoms. The first kappa shape index (κ1) is 35.4. The first-order valence-corrected chi connectivity index (χ1v) is 15.0. The zero-order valence-corrected chi connectivity index (χ0v) is 27.0. The molecule has 0 aliphatic carbocycles. The maximum atomic E-state index is 13.7. The summed E-state index contributed by atoms with van der Waals surface area (Å²) >= 11 is 0. The number of ketones is 1. The third-order valence-electron chi connectivity index (χ3n) is 7.54. The lowest BCUT2D eigenvalue weighted by Crippen LogP contribution is -2.59. The molecule has 1 fully saturated rings. The average molecular weight is 623 g/mol. The molecular formula is C32H43BN4O8. The largest absolute Gasteiger partial charge is 0.531 e. The van der Waals surface area contributed by atoms with Gasteiger partial charge in [0, 0.05) is 46.0 Å². The van der Waals surface area contributed by atoms with E-state index in [1.807, 2.05) is 44.2 Å². The van der Waals surface area contributed by atoms with Crippen LogP contribution in [0.15, 0.2) is 48.5 Å². The van der Waals surface area contributed by atoms with E-state index in [1.54, 1.807) is 12.1 Å². The van der Waals surface area contributed by atoms with Gasteiger partial charge in [0.05, 0.1) is 24.6 Å². The summed E-state index contributed by atoms with van der Waals surface area (Å²) in [5, 5.41) is 13.2. The van der Waals surface area contributed by atoms with E-state index in [1.165, 1.54) is 51.0 Å². The second-order valence-electron chi connectivity index (χ2n) is 12.3. The van der Waals surface area contributed by atoms with Crippen LogP contribution in [-0.4, -0.2) is 102 Å². The highest BCUT2D eigenvalue weighted by Crippen LogP contribution is 2.37. The molecule has 0 radical (unpaired) electrons. The molecule has 1 aliphatic heterocycles. The number of carbonyl (C=O) groups excluding carboxylic acids is 5. The number of carbonyl (C=O) groups is 5. The molecule has 13 heteroatoms. The number of hydrogen-bond acceptors (Lipinski definition) is 9. The van der Waals surface area contributed by atoms with Crippen molar-refractivity contribution in [3.63, 3.8) is 0 Å². The standard InChI is InChI=1S/C32H43BN4O8/c1-20(2)16-23(33-44-28(41)19-32(45-33,31(43)37(6)7)18-27(40)36(4)5)17-26(39)29(21(3)38)35-30(42)25-15-11-14-24(34-25)22-12-9-8-10-13-22/h8-15,20-21,23,29,38H,16-19H2,1-7H3,(H,35,42)/t21-,23-,29+,32-/m1/s1. The van der Waals surface area contributed by atoms with Crippen LogP contribution in [0.3, 0.4) is 0 Å². The van der Waals surface area contributed by atoms with Gasteiger partial charge in [0.25, 0.3) is 17.8 Å². The first-order chi connectivity index (χ1) is 21.1. The molecule has 4 atom stereocenters. The molecular weight excluding hydrogens is 579 g/mol. The van der Waals surface area contributed by atoms with Crippen molar-refractivity contribution < 1.29 is 38.4 Å². The van der Waals surface area contributed by atoms with Crippen molar-refractivity contribution in [3.8, 4) is 11.3 Å². The molecule has 45 heavy (non-hydrogen) atoms. The van der Waals surface area contributed by atoms with Crippen molar-refractivity contribution in [2.45, 2.75) is 70.0 Å². The zero-order valence-electron chi connectivity index (χ0n) is 27.0.